The topological polar surface area (TPSA) is 12.0 Å². The summed E-state index contributed by atoms with van der Waals surface area (Å²) >= 11 is 0. The summed E-state index contributed by atoms with van der Waals surface area (Å²) < 4.78 is 14.2. The van der Waals surface area contributed by atoms with Gasteiger partial charge in [-0.1, -0.05) is 37.5 Å². The van der Waals surface area contributed by atoms with Gasteiger partial charge in [0.05, 0.1) is 0 Å². The van der Waals surface area contributed by atoms with Crippen LogP contribution in [0.3, 0.4) is 0 Å². The maximum absolute atomic E-state index is 14.2. The van der Waals surface area contributed by atoms with Crippen LogP contribution < -0.4 is 5.32 Å². The van der Waals surface area contributed by atoms with E-state index in [4.69, 9.17) is 0 Å². The van der Waals surface area contributed by atoms with E-state index in [0.717, 1.165) is 29.5 Å². The summed E-state index contributed by atoms with van der Waals surface area (Å²) in [4.78, 5) is 0. The van der Waals surface area contributed by atoms with Crippen molar-refractivity contribution in [1.29, 1.82) is 0 Å². The molecule has 0 radical (unpaired) electrons. The highest BCUT2D eigenvalue weighted by molar-refractivity contribution is 5.29. The highest BCUT2D eigenvalue weighted by Gasteiger charge is 2.54. The highest BCUT2D eigenvalue weighted by Crippen LogP contribution is 2.60. The van der Waals surface area contributed by atoms with Gasteiger partial charge in [0.1, 0.15) is 5.82 Å². The van der Waals surface area contributed by atoms with Crippen LogP contribution >= 0.6 is 0 Å². The lowest BCUT2D eigenvalue weighted by molar-refractivity contribution is 0.436. The van der Waals surface area contributed by atoms with Gasteiger partial charge in [-0.25, -0.2) is 4.39 Å². The molecule has 1 aromatic carbocycles. The Morgan fingerprint density at radius 1 is 1.26 bits per heavy atom. The molecule has 3 unspecified atom stereocenters. The first-order valence-electron chi connectivity index (χ1n) is 7.71. The molecule has 1 nitrogen and oxygen atoms in total. The fourth-order valence-corrected chi connectivity index (χ4v) is 4.12. The van der Waals surface area contributed by atoms with E-state index in [1.54, 1.807) is 6.07 Å². The number of aryl methyl sites for hydroxylation is 1. The molecule has 19 heavy (non-hydrogen) atoms. The van der Waals surface area contributed by atoms with Crippen LogP contribution in [0.15, 0.2) is 18.2 Å². The van der Waals surface area contributed by atoms with Gasteiger partial charge < -0.3 is 5.32 Å². The third kappa shape index (κ3) is 2.43. The van der Waals surface area contributed by atoms with Gasteiger partial charge in [0.15, 0.2) is 0 Å². The Kier molecular flexibility index (Phi) is 3.62. The largest absolute Gasteiger partial charge is 0.310 e. The van der Waals surface area contributed by atoms with Gasteiger partial charge in [-0.15, -0.1) is 0 Å². The number of halogens is 1. The van der Waals surface area contributed by atoms with Crippen molar-refractivity contribution in [3.8, 4) is 0 Å². The lowest BCUT2D eigenvalue weighted by atomic mass is 9.97. The van der Waals surface area contributed by atoms with E-state index < -0.39 is 0 Å². The van der Waals surface area contributed by atoms with Crippen molar-refractivity contribution in [2.45, 2.75) is 45.6 Å². The summed E-state index contributed by atoms with van der Waals surface area (Å²) in [5, 5.41) is 3.55. The van der Waals surface area contributed by atoms with E-state index in [2.05, 4.69) is 12.2 Å². The lowest BCUT2D eigenvalue weighted by Crippen LogP contribution is -2.25. The van der Waals surface area contributed by atoms with Crippen LogP contribution in [-0.4, -0.2) is 6.54 Å². The summed E-state index contributed by atoms with van der Waals surface area (Å²) in [6.45, 7) is 5.08. The molecule has 104 valence electrons. The molecule has 0 saturated heterocycles. The van der Waals surface area contributed by atoms with Crippen LogP contribution in [0.1, 0.15) is 49.8 Å². The Bertz CT molecular complexity index is 445. The molecule has 0 aliphatic heterocycles. The Labute approximate surface area is 115 Å². The minimum absolute atomic E-state index is 0.0415. The summed E-state index contributed by atoms with van der Waals surface area (Å²) in [5.41, 5.74) is 2.05. The maximum Gasteiger partial charge on any atom is 0.128 e. The minimum atomic E-state index is -0.0415. The highest BCUT2D eigenvalue weighted by atomic mass is 19.1. The van der Waals surface area contributed by atoms with Gasteiger partial charge >= 0.3 is 0 Å². The van der Waals surface area contributed by atoms with Gasteiger partial charge in [0.25, 0.3) is 0 Å². The van der Waals surface area contributed by atoms with Crippen LogP contribution in [0.4, 0.5) is 4.39 Å². The summed E-state index contributed by atoms with van der Waals surface area (Å²) in [6, 6.07) is 5.74. The Balaban J connectivity index is 1.86. The van der Waals surface area contributed by atoms with Crippen molar-refractivity contribution in [3.05, 3.63) is 35.1 Å². The van der Waals surface area contributed by atoms with Gasteiger partial charge in [0.2, 0.25) is 0 Å². The van der Waals surface area contributed by atoms with Crippen LogP contribution in [0.5, 0.6) is 0 Å². The van der Waals surface area contributed by atoms with Crippen LogP contribution in [-0.2, 0) is 0 Å². The lowest BCUT2D eigenvalue weighted by Gasteiger charge is -2.20. The maximum atomic E-state index is 14.2. The molecule has 2 heteroatoms. The molecule has 1 aromatic rings. The molecule has 2 aliphatic carbocycles. The number of benzene rings is 1. The standard InChI is InChI=1S/C17H24FN/c1-3-19-17(14-10-11(2)8-9-15(14)18)16-12-6-4-5-7-13(12)16/h8-10,12-13,16-17,19H,3-7H2,1-2H3. The number of hydrogen-bond donors (Lipinski definition) is 1. The van der Waals surface area contributed by atoms with Gasteiger partial charge in [-0.2, -0.15) is 0 Å². The summed E-state index contributed by atoms with van der Waals surface area (Å²) in [7, 11) is 0. The second-order valence-corrected chi connectivity index (χ2v) is 6.25. The number of fused-ring (bicyclic) bond motifs is 1. The molecule has 0 aromatic heterocycles. The minimum Gasteiger partial charge on any atom is -0.310 e. The monoisotopic (exact) mass is 261 g/mol. The quantitative estimate of drug-likeness (QED) is 0.855. The van der Waals surface area contributed by atoms with E-state index >= 15 is 0 Å². The van der Waals surface area contributed by atoms with Gasteiger partial charge in [0, 0.05) is 11.6 Å². The summed E-state index contributed by atoms with van der Waals surface area (Å²) in [5.74, 6) is 2.31. The molecule has 3 rings (SSSR count). The zero-order chi connectivity index (χ0) is 13.4. The predicted octanol–water partition coefficient (Wildman–Crippen LogP) is 4.22. The third-order valence-electron chi connectivity index (χ3n) is 5.02. The average Bonchev–Trinajstić information content (AvgIpc) is 3.13. The zero-order valence-electron chi connectivity index (χ0n) is 12.0. The molecular weight excluding hydrogens is 237 g/mol. The molecule has 0 bridgehead atoms. The van der Waals surface area contributed by atoms with Crippen LogP contribution in [0.25, 0.3) is 0 Å². The van der Waals surface area contributed by atoms with E-state index in [-0.39, 0.29) is 11.9 Å². The van der Waals surface area contributed by atoms with Crippen molar-refractivity contribution in [2.24, 2.45) is 17.8 Å². The van der Waals surface area contributed by atoms with Crippen LogP contribution in [0.2, 0.25) is 0 Å². The fraction of sp³-hybridized carbons (Fsp3) is 0.647. The third-order valence-corrected chi connectivity index (χ3v) is 5.02. The van der Waals surface area contributed by atoms with Crippen molar-refractivity contribution in [1.82, 2.24) is 5.32 Å². The predicted molar refractivity (Wildman–Crippen MR) is 76.5 cm³/mol. The van der Waals surface area contributed by atoms with Crippen molar-refractivity contribution in [2.75, 3.05) is 6.54 Å². The molecule has 2 aliphatic rings. The molecule has 0 spiro atoms. The molecule has 3 atom stereocenters. The molecule has 0 amide bonds. The molecule has 1 N–H and O–H groups in total. The van der Waals surface area contributed by atoms with E-state index in [9.17, 15) is 4.39 Å². The second kappa shape index (κ2) is 5.24. The normalized spacial score (nSPS) is 30.8. The average molecular weight is 261 g/mol. The van der Waals surface area contributed by atoms with Crippen molar-refractivity contribution >= 4 is 0 Å². The first-order chi connectivity index (χ1) is 9.22. The number of rotatable bonds is 4. The van der Waals surface area contributed by atoms with Crippen molar-refractivity contribution < 1.29 is 4.39 Å². The Morgan fingerprint density at radius 3 is 2.58 bits per heavy atom. The van der Waals surface area contributed by atoms with E-state index in [1.165, 1.54) is 25.7 Å². The van der Waals surface area contributed by atoms with E-state index in [1.807, 2.05) is 19.1 Å². The molecule has 2 saturated carbocycles. The SMILES string of the molecule is CCNC(c1cc(C)ccc1F)C1C2CCCCC21. The first kappa shape index (κ1) is 13.1. The first-order valence-corrected chi connectivity index (χ1v) is 7.71. The number of hydrogen-bond acceptors (Lipinski definition) is 1. The van der Waals surface area contributed by atoms with E-state index in [0.29, 0.717) is 5.92 Å². The zero-order valence-corrected chi connectivity index (χ0v) is 12.0. The van der Waals surface area contributed by atoms with Crippen LogP contribution in [0, 0.1) is 30.5 Å². The van der Waals surface area contributed by atoms with Gasteiger partial charge in [-0.3, -0.25) is 0 Å². The Hall–Kier alpha value is -0.890. The number of nitrogens with one attached hydrogen (secondary N) is 1. The smallest absolute Gasteiger partial charge is 0.128 e. The van der Waals surface area contributed by atoms with Gasteiger partial charge in [-0.05, 0) is 50.1 Å². The molecule has 0 heterocycles. The summed E-state index contributed by atoms with van der Waals surface area (Å²) in [6.07, 6.45) is 5.44. The second-order valence-electron chi connectivity index (χ2n) is 6.25. The van der Waals surface area contributed by atoms with Crippen molar-refractivity contribution in [3.63, 3.8) is 0 Å². The fourth-order valence-electron chi connectivity index (χ4n) is 4.12. The molecule has 2 fully saturated rings. The Morgan fingerprint density at radius 2 is 1.95 bits per heavy atom. The molecular formula is C17H24FN.